The summed E-state index contributed by atoms with van der Waals surface area (Å²) < 4.78 is 83.1. The molecule has 2 aromatic heterocycles. The van der Waals surface area contributed by atoms with Gasteiger partial charge in [0, 0.05) is 29.6 Å². The number of pyridine rings is 2. The van der Waals surface area contributed by atoms with Gasteiger partial charge in [0.1, 0.15) is 11.4 Å². The lowest BCUT2D eigenvalue weighted by Gasteiger charge is -2.35. The van der Waals surface area contributed by atoms with E-state index in [2.05, 4.69) is 15.3 Å². The van der Waals surface area contributed by atoms with Gasteiger partial charge < -0.3 is 5.32 Å². The van der Waals surface area contributed by atoms with Gasteiger partial charge in [-0.05, 0) is 36.8 Å². The number of halogens is 6. The smallest absolute Gasteiger partial charge is 0.321 e. The molecule has 0 saturated carbocycles. The first kappa shape index (κ1) is 21.6. The van der Waals surface area contributed by atoms with Crippen LogP contribution >= 0.6 is 0 Å². The van der Waals surface area contributed by atoms with E-state index in [-0.39, 0.29) is 27.1 Å². The molecule has 3 aromatic rings. The largest absolute Gasteiger partial charge is 0.354 e. The van der Waals surface area contributed by atoms with Crippen molar-refractivity contribution in [1.82, 2.24) is 14.9 Å². The molecule has 0 aliphatic carbocycles. The van der Waals surface area contributed by atoms with E-state index >= 15 is 0 Å². The predicted octanol–water partition coefficient (Wildman–Crippen LogP) is 3.88. The summed E-state index contributed by atoms with van der Waals surface area (Å²) in [6.45, 7) is -1.62. The average Bonchev–Trinajstić information content (AvgIpc) is 3.10. The first-order valence-corrected chi connectivity index (χ1v) is 9.28. The lowest BCUT2D eigenvalue weighted by molar-refractivity contribution is 0.0663. The summed E-state index contributed by atoms with van der Waals surface area (Å²) in [5.74, 6) is -5.62. The second-order valence-corrected chi connectivity index (χ2v) is 7.12. The molecule has 32 heavy (non-hydrogen) atoms. The molecule has 166 valence electrons. The number of aromatic nitrogens is 2. The van der Waals surface area contributed by atoms with E-state index in [1.165, 1.54) is 19.1 Å². The van der Waals surface area contributed by atoms with Gasteiger partial charge in [-0.15, -0.1) is 0 Å². The van der Waals surface area contributed by atoms with Crippen molar-refractivity contribution in [1.29, 1.82) is 0 Å². The molecule has 0 amide bonds. The van der Waals surface area contributed by atoms with E-state index in [1.54, 1.807) is 0 Å². The molecular formula is C21H14F6N4O. The van der Waals surface area contributed by atoms with Gasteiger partial charge in [-0.2, -0.15) is 13.2 Å². The summed E-state index contributed by atoms with van der Waals surface area (Å²) in [6, 6.07) is 5.22. The molecule has 1 N–H and O–H groups in total. The lowest BCUT2D eigenvalue weighted by Crippen LogP contribution is -2.49. The maximum absolute atomic E-state index is 14.9. The third kappa shape index (κ3) is 3.33. The molecule has 5 nitrogen and oxygen atoms in total. The molecule has 0 bridgehead atoms. The zero-order valence-electron chi connectivity index (χ0n) is 16.3. The van der Waals surface area contributed by atoms with Crippen LogP contribution in [0.4, 0.5) is 26.3 Å². The van der Waals surface area contributed by atoms with Gasteiger partial charge in [0.25, 0.3) is 5.56 Å². The molecule has 0 unspecified atom stereocenters. The van der Waals surface area contributed by atoms with Crippen molar-refractivity contribution in [2.75, 3.05) is 0 Å². The highest BCUT2D eigenvalue weighted by atomic mass is 19.3. The lowest BCUT2D eigenvalue weighted by atomic mass is 9.78. The molecule has 1 aliphatic rings. The van der Waals surface area contributed by atoms with Crippen molar-refractivity contribution >= 4 is 5.84 Å². The van der Waals surface area contributed by atoms with Gasteiger partial charge in [-0.1, -0.05) is 6.07 Å². The summed E-state index contributed by atoms with van der Waals surface area (Å²) in [5.41, 5.74) is -2.93. The van der Waals surface area contributed by atoms with Crippen LogP contribution in [0.3, 0.4) is 0 Å². The van der Waals surface area contributed by atoms with Crippen molar-refractivity contribution in [3.05, 3.63) is 99.2 Å². The van der Waals surface area contributed by atoms with Crippen molar-refractivity contribution in [2.45, 2.75) is 25.1 Å². The monoisotopic (exact) mass is 452 g/mol. The highest BCUT2D eigenvalue weighted by Gasteiger charge is 2.48. The molecule has 11 heteroatoms. The number of amidine groups is 1. The van der Waals surface area contributed by atoms with Gasteiger partial charge >= 0.3 is 6.55 Å². The number of nitrogens with one attached hydrogen (secondary N) is 1. The van der Waals surface area contributed by atoms with Crippen LogP contribution in [0.15, 0.2) is 58.6 Å². The Kier molecular flexibility index (Phi) is 5.27. The van der Waals surface area contributed by atoms with Crippen LogP contribution in [-0.4, -0.2) is 21.4 Å². The number of aliphatic imine (C=N–C) groups is 1. The van der Waals surface area contributed by atoms with Crippen molar-refractivity contribution in [3.63, 3.8) is 0 Å². The molecule has 0 fully saturated rings. The predicted molar refractivity (Wildman–Crippen MR) is 102 cm³/mol. The van der Waals surface area contributed by atoms with Crippen LogP contribution in [0.5, 0.6) is 0 Å². The minimum atomic E-state index is -3.12. The quantitative estimate of drug-likeness (QED) is 0.372. The molecule has 1 aliphatic heterocycles. The Hall–Kier alpha value is -3.63. The minimum Gasteiger partial charge on any atom is -0.354 e. The highest BCUT2D eigenvalue weighted by molar-refractivity contribution is 6.01. The summed E-state index contributed by atoms with van der Waals surface area (Å²) in [5, 5.41) is 2.87. The fourth-order valence-electron chi connectivity index (χ4n) is 3.80. The number of benzene rings is 1. The number of rotatable bonds is 4. The van der Waals surface area contributed by atoms with E-state index in [1.807, 2.05) is 0 Å². The fraction of sp³-hybridized carbons (Fsp3) is 0.190. The molecule has 1 aromatic carbocycles. The van der Waals surface area contributed by atoms with Gasteiger partial charge in [-0.3, -0.25) is 14.4 Å². The molecule has 0 spiro atoms. The van der Waals surface area contributed by atoms with Crippen molar-refractivity contribution in [2.24, 2.45) is 4.99 Å². The maximum Gasteiger partial charge on any atom is 0.321 e. The van der Waals surface area contributed by atoms with Crippen molar-refractivity contribution in [3.8, 4) is 0 Å². The Morgan fingerprint density at radius 1 is 1.06 bits per heavy atom. The number of alkyl halides is 2. The van der Waals surface area contributed by atoms with E-state index in [0.29, 0.717) is 0 Å². The Balaban J connectivity index is 1.91. The first-order valence-electron chi connectivity index (χ1n) is 9.28. The van der Waals surface area contributed by atoms with Crippen molar-refractivity contribution < 1.29 is 26.3 Å². The average molecular weight is 452 g/mol. The molecule has 3 heterocycles. The minimum absolute atomic E-state index is 0.0340. The normalized spacial score (nSPS) is 20.4. The number of nitrogens with zero attached hydrogens (tertiary/aromatic N) is 3. The summed E-state index contributed by atoms with van der Waals surface area (Å²) in [4.78, 5) is 19.5. The first-order chi connectivity index (χ1) is 15.1. The topological polar surface area (TPSA) is 59.3 Å². The molecular weight excluding hydrogens is 438 g/mol. The second kappa shape index (κ2) is 7.81. The van der Waals surface area contributed by atoms with E-state index in [4.69, 9.17) is 0 Å². The third-order valence-corrected chi connectivity index (χ3v) is 5.33. The zero-order valence-corrected chi connectivity index (χ0v) is 16.3. The second-order valence-electron chi connectivity index (χ2n) is 7.12. The Morgan fingerprint density at radius 2 is 1.81 bits per heavy atom. The Labute approximate surface area is 177 Å². The van der Waals surface area contributed by atoms with Crippen LogP contribution in [0.25, 0.3) is 0 Å². The zero-order chi connectivity index (χ0) is 23.2. The highest BCUT2D eigenvalue weighted by Crippen LogP contribution is 2.40. The van der Waals surface area contributed by atoms with Crippen LogP contribution < -0.4 is 10.9 Å². The Morgan fingerprint density at radius 3 is 2.50 bits per heavy atom. The standard InChI is InChI=1S/C21H14F6N4O/c1-10-21(12-6-7-28-15(23)8-12,13-3-4-14(22)18(25)17(13)24)30-19(29-10)11-2-5-16(32)31(9-11)20(26)27/h2-10,20H,1H3,(H,29,30)/t10-,21+/m0/s1. The summed E-state index contributed by atoms with van der Waals surface area (Å²) >= 11 is 0. The number of hydrogen-bond acceptors (Lipinski definition) is 4. The van der Waals surface area contributed by atoms with E-state index in [9.17, 15) is 31.1 Å². The fourth-order valence-corrected chi connectivity index (χ4v) is 3.80. The van der Waals surface area contributed by atoms with Crippen LogP contribution in [-0.2, 0) is 5.54 Å². The maximum atomic E-state index is 14.9. The SMILES string of the molecule is C[C@@H]1N=C(c2ccc(=O)n(C(F)F)c2)N[C@]1(c1ccnc(F)c1)c1ccc(F)c(F)c1F. The third-order valence-electron chi connectivity index (χ3n) is 5.33. The number of hydrogen-bond donors (Lipinski definition) is 1. The van der Waals surface area contributed by atoms with E-state index < -0.39 is 47.1 Å². The summed E-state index contributed by atoms with van der Waals surface area (Å²) in [7, 11) is 0. The van der Waals surface area contributed by atoms with Crippen LogP contribution in [0, 0.1) is 23.4 Å². The van der Waals surface area contributed by atoms with Crippen LogP contribution in [0.1, 0.15) is 30.2 Å². The van der Waals surface area contributed by atoms with Crippen LogP contribution in [0.2, 0.25) is 0 Å². The van der Waals surface area contributed by atoms with Gasteiger partial charge in [0.15, 0.2) is 17.5 Å². The summed E-state index contributed by atoms with van der Waals surface area (Å²) in [6.07, 6.45) is 1.96. The molecule has 2 atom stereocenters. The molecule has 4 rings (SSSR count). The van der Waals surface area contributed by atoms with Gasteiger partial charge in [0.2, 0.25) is 5.95 Å². The molecule has 0 radical (unpaired) electrons. The Bertz CT molecular complexity index is 1290. The van der Waals surface area contributed by atoms with Gasteiger partial charge in [-0.25, -0.2) is 18.2 Å². The molecule has 0 saturated heterocycles. The van der Waals surface area contributed by atoms with E-state index in [0.717, 1.165) is 36.7 Å². The van der Waals surface area contributed by atoms with Gasteiger partial charge in [0.05, 0.1) is 6.04 Å².